The van der Waals surface area contributed by atoms with Crippen LogP contribution in [0.5, 0.6) is 5.75 Å². The maximum absolute atomic E-state index is 12.3. The van der Waals surface area contributed by atoms with Gasteiger partial charge in [0, 0.05) is 6.54 Å². The molecule has 1 atom stereocenters. The number of carbonyl (C=O) groups excluding carboxylic acids is 2. The van der Waals surface area contributed by atoms with E-state index >= 15 is 0 Å². The van der Waals surface area contributed by atoms with E-state index in [9.17, 15) is 9.59 Å². The van der Waals surface area contributed by atoms with E-state index < -0.39 is 17.8 Å². The van der Waals surface area contributed by atoms with Crippen molar-refractivity contribution >= 4 is 12.2 Å². The van der Waals surface area contributed by atoms with Gasteiger partial charge in [-0.1, -0.05) is 42.5 Å². The number of hydrogen-bond acceptors (Lipinski definition) is 5. The maximum atomic E-state index is 12.3. The van der Waals surface area contributed by atoms with E-state index in [-0.39, 0.29) is 12.6 Å². The largest absolute Gasteiger partial charge is 0.497 e. The van der Waals surface area contributed by atoms with E-state index in [0.717, 1.165) is 16.9 Å². The van der Waals surface area contributed by atoms with Crippen LogP contribution in [-0.4, -0.2) is 31.4 Å². The molecule has 0 heterocycles. The van der Waals surface area contributed by atoms with Crippen LogP contribution in [0.1, 0.15) is 44.4 Å². The molecule has 0 aliphatic carbocycles. The Labute approximate surface area is 177 Å². The Balaban J connectivity index is 1.91. The molecule has 2 N–H and O–H groups in total. The Morgan fingerprint density at radius 1 is 0.967 bits per heavy atom. The lowest BCUT2D eigenvalue weighted by atomic mass is 10.0. The van der Waals surface area contributed by atoms with Gasteiger partial charge in [-0.25, -0.2) is 9.59 Å². The van der Waals surface area contributed by atoms with Gasteiger partial charge in [-0.2, -0.15) is 0 Å². The van der Waals surface area contributed by atoms with Crippen LogP contribution in [0.2, 0.25) is 0 Å². The Morgan fingerprint density at radius 3 is 2.23 bits per heavy atom. The standard InChI is InChI=1S/C23H30N2O5/c1-23(2,3)30-22(27)25-20(18-10-12-19(28-4)13-11-18)14-15-24-21(26)29-16-17-8-6-5-7-9-17/h5-13,20H,14-16H2,1-4H3,(H,24,26)(H,25,27)/t20-/m0/s1. The highest BCUT2D eigenvalue weighted by Crippen LogP contribution is 2.21. The third-order valence-electron chi connectivity index (χ3n) is 4.12. The Kier molecular flexibility index (Phi) is 8.53. The van der Waals surface area contributed by atoms with E-state index in [4.69, 9.17) is 14.2 Å². The second-order valence-corrected chi connectivity index (χ2v) is 7.75. The molecule has 0 radical (unpaired) electrons. The smallest absolute Gasteiger partial charge is 0.408 e. The van der Waals surface area contributed by atoms with E-state index in [1.807, 2.05) is 54.6 Å². The molecule has 7 nitrogen and oxygen atoms in total. The Bertz CT molecular complexity index is 801. The predicted octanol–water partition coefficient (Wildman–Crippen LogP) is 4.58. The van der Waals surface area contributed by atoms with Crippen molar-refractivity contribution < 1.29 is 23.8 Å². The van der Waals surface area contributed by atoms with Crippen molar-refractivity contribution in [3.05, 3.63) is 65.7 Å². The predicted molar refractivity (Wildman–Crippen MR) is 114 cm³/mol. The summed E-state index contributed by atoms with van der Waals surface area (Å²) in [6.45, 7) is 5.93. The number of methoxy groups -OCH3 is 1. The average molecular weight is 415 g/mol. The van der Waals surface area contributed by atoms with Crippen molar-refractivity contribution in [2.75, 3.05) is 13.7 Å². The van der Waals surface area contributed by atoms with Crippen LogP contribution < -0.4 is 15.4 Å². The van der Waals surface area contributed by atoms with Crippen molar-refractivity contribution in [2.24, 2.45) is 0 Å². The van der Waals surface area contributed by atoms with Crippen LogP contribution in [0.4, 0.5) is 9.59 Å². The fourth-order valence-corrected chi connectivity index (χ4v) is 2.70. The second kappa shape index (κ2) is 11.1. The molecule has 0 fully saturated rings. The first kappa shape index (κ1) is 23.1. The highest BCUT2D eigenvalue weighted by molar-refractivity contribution is 5.68. The van der Waals surface area contributed by atoms with E-state index in [1.54, 1.807) is 27.9 Å². The summed E-state index contributed by atoms with van der Waals surface area (Å²) in [5.41, 5.74) is 1.19. The molecule has 30 heavy (non-hydrogen) atoms. The molecule has 2 aromatic carbocycles. The molecule has 2 aromatic rings. The summed E-state index contributed by atoms with van der Waals surface area (Å²) in [6.07, 6.45) is -0.564. The van der Waals surface area contributed by atoms with Gasteiger partial charge < -0.3 is 24.8 Å². The topological polar surface area (TPSA) is 85.9 Å². The van der Waals surface area contributed by atoms with Crippen LogP contribution in [-0.2, 0) is 16.1 Å². The number of rotatable bonds is 8. The first-order valence-electron chi connectivity index (χ1n) is 9.85. The molecule has 2 amide bonds. The summed E-state index contributed by atoms with van der Waals surface area (Å²) in [5.74, 6) is 0.720. The SMILES string of the molecule is COc1ccc([C@H](CCNC(=O)OCc2ccccc2)NC(=O)OC(C)(C)C)cc1. The number of nitrogens with one attached hydrogen (secondary N) is 2. The highest BCUT2D eigenvalue weighted by atomic mass is 16.6. The second-order valence-electron chi connectivity index (χ2n) is 7.75. The number of carbonyl (C=O) groups is 2. The molecule has 2 rings (SSSR count). The highest BCUT2D eigenvalue weighted by Gasteiger charge is 2.21. The van der Waals surface area contributed by atoms with Crippen molar-refractivity contribution in [3.63, 3.8) is 0 Å². The Morgan fingerprint density at radius 2 is 1.63 bits per heavy atom. The summed E-state index contributed by atoms with van der Waals surface area (Å²) in [4.78, 5) is 24.2. The molecule has 0 saturated heterocycles. The van der Waals surface area contributed by atoms with Crippen molar-refractivity contribution in [2.45, 2.75) is 45.4 Å². The molecular formula is C23H30N2O5. The van der Waals surface area contributed by atoms with Gasteiger partial charge >= 0.3 is 12.2 Å². The van der Waals surface area contributed by atoms with Crippen LogP contribution in [0, 0.1) is 0 Å². The molecule has 0 spiro atoms. The molecule has 162 valence electrons. The van der Waals surface area contributed by atoms with Crippen molar-refractivity contribution in [1.82, 2.24) is 10.6 Å². The zero-order valence-electron chi connectivity index (χ0n) is 17.9. The maximum Gasteiger partial charge on any atom is 0.408 e. The van der Waals surface area contributed by atoms with Gasteiger partial charge in [0.25, 0.3) is 0 Å². The molecule has 0 aromatic heterocycles. The third-order valence-corrected chi connectivity index (χ3v) is 4.12. The quantitative estimate of drug-likeness (QED) is 0.660. The zero-order valence-corrected chi connectivity index (χ0v) is 17.9. The van der Waals surface area contributed by atoms with Gasteiger partial charge in [0.2, 0.25) is 0 Å². The van der Waals surface area contributed by atoms with E-state index in [0.29, 0.717) is 13.0 Å². The summed E-state index contributed by atoms with van der Waals surface area (Å²) in [5, 5.41) is 5.58. The van der Waals surface area contributed by atoms with Crippen molar-refractivity contribution in [3.8, 4) is 5.75 Å². The lowest BCUT2D eigenvalue weighted by Crippen LogP contribution is -2.36. The Hall–Kier alpha value is -3.22. The minimum atomic E-state index is -0.603. The number of benzene rings is 2. The number of alkyl carbamates (subject to hydrolysis) is 2. The first-order valence-corrected chi connectivity index (χ1v) is 9.85. The minimum Gasteiger partial charge on any atom is -0.497 e. The number of hydrogen-bond donors (Lipinski definition) is 2. The van der Waals surface area contributed by atoms with Crippen LogP contribution in [0.3, 0.4) is 0 Å². The molecule has 0 saturated carbocycles. The van der Waals surface area contributed by atoms with Crippen LogP contribution >= 0.6 is 0 Å². The van der Waals surface area contributed by atoms with Gasteiger partial charge in [0.05, 0.1) is 13.2 Å². The molecule has 0 aliphatic heterocycles. The molecular weight excluding hydrogens is 384 g/mol. The summed E-state index contributed by atoms with van der Waals surface area (Å²) < 4.78 is 15.8. The van der Waals surface area contributed by atoms with E-state index in [2.05, 4.69) is 10.6 Å². The fraction of sp³-hybridized carbons (Fsp3) is 0.391. The van der Waals surface area contributed by atoms with Gasteiger partial charge in [-0.15, -0.1) is 0 Å². The van der Waals surface area contributed by atoms with Crippen LogP contribution in [0.25, 0.3) is 0 Å². The van der Waals surface area contributed by atoms with E-state index in [1.165, 1.54) is 0 Å². The van der Waals surface area contributed by atoms with Gasteiger partial charge in [0.15, 0.2) is 0 Å². The van der Waals surface area contributed by atoms with Gasteiger partial charge in [0.1, 0.15) is 18.0 Å². The summed E-state index contributed by atoms with van der Waals surface area (Å²) in [6, 6.07) is 16.5. The molecule has 0 unspecified atom stereocenters. The van der Waals surface area contributed by atoms with Gasteiger partial charge in [-0.3, -0.25) is 0 Å². The summed E-state index contributed by atoms with van der Waals surface area (Å²) in [7, 11) is 1.59. The lowest BCUT2D eigenvalue weighted by Gasteiger charge is -2.24. The first-order chi connectivity index (χ1) is 14.3. The minimum absolute atomic E-state index is 0.199. The molecule has 7 heteroatoms. The molecule has 0 aliphatic rings. The third kappa shape index (κ3) is 8.43. The zero-order chi connectivity index (χ0) is 22.0. The number of amides is 2. The monoisotopic (exact) mass is 414 g/mol. The lowest BCUT2D eigenvalue weighted by molar-refractivity contribution is 0.0501. The van der Waals surface area contributed by atoms with Gasteiger partial charge in [-0.05, 0) is 50.5 Å². The molecule has 0 bridgehead atoms. The number of ether oxygens (including phenoxy) is 3. The van der Waals surface area contributed by atoms with Crippen molar-refractivity contribution in [1.29, 1.82) is 0 Å². The van der Waals surface area contributed by atoms with Crippen LogP contribution in [0.15, 0.2) is 54.6 Å². The summed E-state index contributed by atoms with van der Waals surface area (Å²) >= 11 is 0. The average Bonchev–Trinajstić information content (AvgIpc) is 2.71. The normalized spacial score (nSPS) is 11.9. The fourth-order valence-electron chi connectivity index (χ4n) is 2.70.